The number of hydrogen-bond donors (Lipinski definition) is 2. The molecule has 0 aromatic heterocycles. The molecular weight excluding hydrogens is 244 g/mol. The Morgan fingerprint density at radius 3 is 2.47 bits per heavy atom. The van der Waals surface area contributed by atoms with E-state index in [1.165, 1.54) is 0 Å². The second kappa shape index (κ2) is 6.58. The van der Waals surface area contributed by atoms with Crippen molar-refractivity contribution in [2.75, 3.05) is 31.1 Å². The van der Waals surface area contributed by atoms with Gasteiger partial charge in [-0.15, -0.1) is 0 Å². The first-order chi connectivity index (χ1) is 8.04. The normalized spacial score (nSPS) is 18.8. The Kier molecular flexibility index (Phi) is 5.40. The Bertz CT molecular complexity index is 311. The molecule has 1 rings (SSSR count). The Morgan fingerprint density at radius 2 is 2.00 bits per heavy atom. The van der Waals surface area contributed by atoms with Gasteiger partial charge in [0, 0.05) is 41.9 Å². The summed E-state index contributed by atoms with van der Waals surface area (Å²) in [7, 11) is -0.815. The highest BCUT2D eigenvalue weighted by Gasteiger charge is 2.21. The van der Waals surface area contributed by atoms with Crippen molar-refractivity contribution in [3.63, 3.8) is 0 Å². The number of carbonyl (C=O) groups excluding carboxylic acids is 1. The molecule has 2 N–H and O–H groups in total. The van der Waals surface area contributed by atoms with Crippen LogP contribution < -0.4 is 5.32 Å². The molecule has 0 radical (unpaired) electrons. The van der Waals surface area contributed by atoms with Crippen LogP contribution in [-0.2, 0) is 15.6 Å². The number of hydrogen-bond acceptors (Lipinski definition) is 3. The molecule has 6 nitrogen and oxygen atoms in total. The van der Waals surface area contributed by atoms with Gasteiger partial charge in [-0.3, -0.25) is 9.00 Å². The number of nitrogens with zero attached hydrogens (tertiary/aromatic N) is 1. The van der Waals surface area contributed by atoms with Crippen LogP contribution in [-0.4, -0.2) is 57.4 Å². The summed E-state index contributed by atoms with van der Waals surface area (Å²) in [5.41, 5.74) is 0. The van der Waals surface area contributed by atoms with Crippen LogP contribution in [0.1, 0.15) is 13.3 Å². The molecule has 2 amide bonds. The van der Waals surface area contributed by atoms with Crippen LogP contribution in [0.25, 0.3) is 0 Å². The summed E-state index contributed by atoms with van der Waals surface area (Å²) >= 11 is 0. The fourth-order valence-corrected chi connectivity index (χ4v) is 2.62. The summed E-state index contributed by atoms with van der Waals surface area (Å²) in [6.45, 7) is 2.86. The molecule has 98 valence electrons. The summed E-state index contributed by atoms with van der Waals surface area (Å²) in [6.07, 6.45) is 0.486. The minimum Gasteiger partial charge on any atom is -0.481 e. The molecule has 1 fully saturated rings. The average Bonchev–Trinajstić information content (AvgIpc) is 2.30. The zero-order valence-corrected chi connectivity index (χ0v) is 10.7. The summed E-state index contributed by atoms with van der Waals surface area (Å²) in [6, 6.07) is -0.263. The highest BCUT2D eigenvalue weighted by atomic mass is 32.2. The Labute approximate surface area is 103 Å². The van der Waals surface area contributed by atoms with Gasteiger partial charge in [-0.2, -0.15) is 0 Å². The first kappa shape index (κ1) is 14.0. The molecule has 1 aliphatic heterocycles. The largest absolute Gasteiger partial charge is 0.481 e. The fraction of sp³-hybridized carbons (Fsp3) is 0.800. The third kappa shape index (κ3) is 4.33. The lowest BCUT2D eigenvalue weighted by Crippen LogP contribution is -2.48. The fourth-order valence-electron chi connectivity index (χ4n) is 1.57. The van der Waals surface area contributed by atoms with Crippen molar-refractivity contribution in [3.05, 3.63) is 0 Å². The van der Waals surface area contributed by atoms with Gasteiger partial charge >= 0.3 is 12.0 Å². The number of carbonyl (C=O) groups is 2. The van der Waals surface area contributed by atoms with Crippen LogP contribution in [0.3, 0.4) is 0 Å². The molecule has 1 heterocycles. The number of aliphatic carboxylic acids is 1. The van der Waals surface area contributed by atoms with E-state index in [1.54, 1.807) is 11.8 Å². The van der Waals surface area contributed by atoms with Gasteiger partial charge < -0.3 is 15.3 Å². The zero-order chi connectivity index (χ0) is 12.8. The van der Waals surface area contributed by atoms with E-state index in [9.17, 15) is 13.8 Å². The van der Waals surface area contributed by atoms with Gasteiger partial charge in [0.25, 0.3) is 0 Å². The Balaban J connectivity index is 2.34. The number of rotatable bonds is 4. The molecule has 1 saturated heterocycles. The molecule has 7 heteroatoms. The van der Waals surface area contributed by atoms with Gasteiger partial charge in [-0.25, -0.2) is 4.79 Å². The van der Waals surface area contributed by atoms with Crippen LogP contribution in [0.5, 0.6) is 0 Å². The third-order valence-corrected chi connectivity index (χ3v) is 4.08. The number of urea groups is 1. The maximum Gasteiger partial charge on any atom is 0.317 e. The first-order valence-electron chi connectivity index (χ1n) is 5.65. The molecule has 0 bridgehead atoms. The van der Waals surface area contributed by atoms with Crippen molar-refractivity contribution in [1.29, 1.82) is 0 Å². The van der Waals surface area contributed by atoms with E-state index < -0.39 is 22.7 Å². The monoisotopic (exact) mass is 262 g/mol. The van der Waals surface area contributed by atoms with E-state index in [1.807, 2.05) is 0 Å². The van der Waals surface area contributed by atoms with Crippen molar-refractivity contribution in [2.24, 2.45) is 5.92 Å². The minimum atomic E-state index is -0.896. The lowest BCUT2D eigenvalue weighted by Gasteiger charge is -2.27. The molecule has 17 heavy (non-hydrogen) atoms. The summed E-state index contributed by atoms with van der Waals surface area (Å²) < 4.78 is 11.1. The lowest BCUT2D eigenvalue weighted by atomic mass is 10.1. The highest BCUT2D eigenvalue weighted by Crippen LogP contribution is 2.03. The number of nitrogens with one attached hydrogen (secondary N) is 1. The lowest BCUT2D eigenvalue weighted by molar-refractivity contribution is -0.141. The van der Waals surface area contributed by atoms with Crippen molar-refractivity contribution in [2.45, 2.75) is 13.3 Å². The number of carboxylic acids is 1. The summed E-state index contributed by atoms with van der Waals surface area (Å²) in [5.74, 6) is -0.432. The molecule has 0 aromatic carbocycles. The average molecular weight is 262 g/mol. The van der Waals surface area contributed by atoms with Crippen LogP contribution >= 0.6 is 0 Å². The van der Waals surface area contributed by atoms with Gasteiger partial charge in [-0.1, -0.05) is 6.92 Å². The molecule has 1 aliphatic rings. The van der Waals surface area contributed by atoms with E-state index in [0.29, 0.717) is 31.0 Å². The van der Waals surface area contributed by atoms with Crippen molar-refractivity contribution in [1.82, 2.24) is 10.2 Å². The van der Waals surface area contributed by atoms with Crippen LogP contribution in [0, 0.1) is 5.92 Å². The van der Waals surface area contributed by atoms with Gasteiger partial charge in [0.05, 0.1) is 5.92 Å². The topological polar surface area (TPSA) is 86.7 Å². The second-order valence-corrected chi connectivity index (χ2v) is 5.66. The van der Waals surface area contributed by atoms with E-state index in [4.69, 9.17) is 5.11 Å². The SMILES string of the molecule is CCC(CNC(=O)N1CCS(=O)CC1)C(=O)O. The van der Waals surface area contributed by atoms with Crippen LogP contribution in [0.2, 0.25) is 0 Å². The summed E-state index contributed by atoms with van der Waals surface area (Å²) in [5, 5.41) is 11.4. The van der Waals surface area contributed by atoms with Crippen molar-refractivity contribution in [3.8, 4) is 0 Å². The predicted octanol–water partition coefficient (Wildman–Crippen LogP) is -0.129. The third-order valence-electron chi connectivity index (χ3n) is 2.81. The molecule has 0 aliphatic carbocycles. The minimum absolute atomic E-state index is 0.143. The first-order valence-corrected chi connectivity index (χ1v) is 7.14. The van der Waals surface area contributed by atoms with E-state index in [2.05, 4.69) is 5.32 Å². The molecule has 0 spiro atoms. The molecule has 1 unspecified atom stereocenters. The Morgan fingerprint density at radius 1 is 1.41 bits per heavy atom. The maximum absolute atomic E-state index is 11.7. The molecule has 1 atom stereocenters. The molecule has 0 aromatic rings. The number of carboxylic acid groups (broad SMARTS) is 1. The van der Waals surface area contributed by atoms with Crippen molar-refractivity contribution < 1.29 is 18.9 Å². The molecular formula is C10H18N2O4S. The van der Waals surface area contributed by atoms with Gasteiger partial charge in [-0.05, 0) is 6.42 Å². The standard InChI is InChI=1S/C10H18N2O4S/c1-2-8(9(13)14)7-11-10(15)12-3-5-17(16)6-4-12/h8H,2-7H2,1H3,(H,11,15)(H,13,14). The number of amides is 2. The maximum atomic E-state index is 11.7. The van der Waals surface area contributed by atoms with Gasteiger partial charge in [0.1, 0.15) is 0 Å². The Hall–Kier alpha value is -1.11. The van der Waals surface area contributed by atoms with E-state index >= 15 is 0 Å². The highest BCUT2D eigenvalue weighted by molar-refractivity contribution is 7.85. The predicted molar refractivity (Wildman–Crippen MR) is 64.3 cm³/mol. The van der Waals surface area contributed by atoms with E-state index in [-0.39, 0.29) is 12.6 Å². The van der Waals surface area contributed by atoms with Crippen LogP contribution in [0.4, 0.5) is 4.79 Å². The van der Waals surface area contributed by atoms with E-state index in [0.717, 1.165) is 0 Å². The van der Waals surface area contributed by atoms with Gasteiger partial charge in [0.2, 0.25) is 0 Å². The quantitative estimate of drug-likeness (QED) is 0.739. The molecule has 0 saturated carbocycles. The van der Waals surface area contributed by atoms with Crippen molar-refractivity contribution >= 4 is 22.8 Å². The smallest absolute Gasteiger partial charge is 0.317 e. The summed E-state index contributed by atoms with van der Waals surface area (Å²) in [4.78, 5) is 24.0. The van der Waals surface area contributed by atoms with Gasteiger partial charge in [0.15, 0.2) is 0 Å². The van der Waals surface area contributed by atoms with Crippen LogP contribution in [0.15, 0.2) is 0 Å². The zero-order valence-electron chi connectivity index (χ0n) is 9.85. The second-order valence-electron chi connectivity index (χ2n) is 3.96.